The molecule has 0 saturated heterocycles. The van der Waals surface area contributed by atoms with Crippen molar-refractivity contribution >= 4 is 36.5 Å². The molecule has 0 N–H and O–H groups in total. The van der Waals surface area contributed by atoms with Crippen LogP contribution in [0.2, 0.25) is 10.0 Å². The number of pyridine rings is 1. The first-order chi connectivity index (χ1) is 7.65. The second-order valence-corrected chi connectivity index (χ2v) is 4.32. The van der Waals surface area contributed by atoms with Gasteiger partial charge in [0.2, 0.25) is 0 Å². The van der Waals surface area contributed by atoms with Crippen LogP contribution in [0.1, 0.15) is 11.3 Å². The Hall–Kier alpha value is -0.985. The van der Waals surface area contributed by atoms with E-state index in [0.717, 1.165) is 17.7 Å². The normalized spacial score (nSPS) is 10.4. The zero-order chi connectivity index (χ0) is 11.5. The minimum Gasteiger partial charge on any atom is -0.262 e. The van der Waals surface area contributed by atoms with Crippen LogP contribution in [0, 0.1) is 0 Å². The molecule has 0 amide bonds. The highest BCUT2D eigenvalue weighted by Gasteiger charge is 2.01. The summed E-state index contributed by atoms with van der Waals surface area (Å²) >= 11 is 11.8. The topological polar surface area (TPSA) is 12.9 Å². The molecule has 16 heavy (non-hydrogen) atoms. The molecule has 0 unspecified atom stereocenters. The molecule has 1 nitrogen and oxygen atoms in total. The molecule has 2 aromatic rings. The number of hydrogen-bond donors (Lipinski definition) is 0. The highest BCUT2D eigenvalue weighted by atomic mass is 35.5. The summed E-state index contributed by atoms with van der Waals surface area (Å²) in [5.74, 6) is 0. The summed E-state index contributed by atoms with van der Waals surface area (Å²) in [7, 11) is 5.56. The molecule has 0 aliphatic heterocycles. The van der Waals surface area contributed by atoms with Gasteiger partial charge in [-0.1, -0.05) is 40.8 Å². The van der Waals surface area contributed by atoms with Crippen molar-refractivity contribution in [2.45, 2.75) is 6.42 Å². The maximum absolute atomic E-state index is 5.93. The van der Waals surface area contributed by atoms with E-state index >= 15 is 0 Å². The molecular formula is C12H8BCl2N. The lowest BCUT2D eigenvalue weighted by Gasteiger charge is -2.03. The Balaban J connectivity index is 2.20. The number of hydrogen-bond acceptors (Lipinski definition) is 1. The molecule has 2 radical (unpaired) electrons. The lowest BCUT2D eigenvalue weighted by atomic mass is 9.98. The van der Waals surface area contributed by atoms with Crippen LogP contribution in [-0.2, 0) is 6.42 Å². The molecule has 1 aromatic carbocycles. The highest BCUT2D eigenvalue weighted by Crippen LogP contribution is 2.23. The van der Waals surface area contributed by atoms with Gasteiger partial charge >= 0.3 is 0 Å². The van der Waals surface area contributed by atoms with E-state index in [2.05, 4.69) is 4.98 Å². The van der Waals surface area contributed by atoms with Crippen LogP contribution < -0.4 is 5.46 Å². The van der Waals surface area contributed by atoms with E-state index in [9.17, 15) is 0 Å². The van der Waals surface area contributed by atoms with Gasteiger partial charge in [0, 0.05) is 18.3 Å². The summed E-state index contributed by atoms with van der Waals surface area (Å²) in [6.45, 7) is 0. The maximum Gasteiger partial charge on any atom is 0.115 e. The van der Waals surface area contributed by atoms with E-state index in [1.54, 1.807) is 12.3 Å². The number of nitrogens with zero attached hydrogens (tertiary/aromatic N) is 1. The fourth-order valence-electron chi connectivity index (χ4n) is 1.40. The van der Waals surface area contributed by atoms with Gasteiger partial charge in [0.25, 0.3) is 0 Å². The average Bonchev–Trinajstić information content (AvgIpc) is 2.27. The Morgan fingerprint density at radius 1 is 1.06 bits per heavy atom. The third kappa shape index (κ3) is 2.78. The summed E-state index contributed by atoms with van der Waals surface area (Å²) in [5.41, 5.74) is 2.69. The van der Waals surface area contributed by atoms with Gasteiger partial charge in [-0.15, -0.1) is 0 Å². The van der Waals surface area contributed by atoms with Crippen molar-refractivity contribution in [2.24, 2.45) is 0 Å². The minimum absolute atomic E-state index is 0.564. The van der Waals surface area contributed by atoms with Crippen molar-refractivity contribution in [1.29, 1.82) is 0 Å². The number of benzene rings is 1. The molecule has 1 aromatic heterocycles. The van der Waals surface area contributed by atoms with Crippen LogP contribution in [0.25, 0.3) is 0 Å². The second-order valence-electron chi connectivity index (χ2n) is 3.51. The molecule has 0 saturated carbocycles. The first-order valence-corrected chi connectivity index (χ1v) is 5.55. The van der Waals surface area contributed by atoms with Crippen LogP contribution in [0.5, 0.6) is 0 Å². The molecule has 0 bridgehead atoms. The van der Waals surface area contributed by atoms with Crippen molar-refractivity contribution in [3.05, 3.63) is 57.8 Å². The largest absolute Gasteiger partial charge is 0.262 e. The molecule has 0 aliphatic rings. The second kappa shape index (κ2) is 4.90. The van der Waals surface area contributed by atoms with Gasteiger partial charge in [-0.05, 0) is 23.8 Å². The van der Waals surface area contributed by atoms with Gasteiger partial charge in [-0.3, -0.25) is 4.98 Å². The van der Waals surface area contributed by atoms with Gasteiger partial charge in [0.05, 0.1) is 10.0 Å². The zero-order valence-corrected chi connectivity index (χ0v) is 9.96. The smallest absolute Gasteiger partial charge is 0.115 e. The summed E-state index contributed by atoms with van der Waals surface area (Å²) in [5, 5.41) is 1.13. The van der Waals surface area contributed by atoms with Crippen LogP contribution in [0.15, 0.2) is 36.5 Å². The van der Waals surface area contributed by atoms with Crippen LogP contribution in [0.3, 0.4) is 0 Å². The SMILES string of the molecule is [B]c1ccc(Cc2ccc(Cl)c(Cl)c2)nc1. The predicted octanol–water partition coefficient (Wildman–Crippen LogP) is 2.77. The monoisotopic (exact) mass is 247 g/mol. The Kier molecular flexibility index (Phi) is 3.52. The molecule has 4 heteroatoms. The Morgan fingerprint density at radius 2 is 1.88 bits per heavy atom. The lowest BCUT2D eigenvalue weighted by Crippen LogP contribution is -2.04. The molecule has 0 fully saturated rings. The Bertz CT molecular complexity index is 497. The summed E-state index contributed by atoms with van der Waals surface area (Å²) in [4.78, 5) is 4.22. The van der Waals surface area contributed by atoms with Crippen molar-refractivity contribution in [2.75, 3.05) is 0 Å². The predicted molar refractivity (Wildman–Crippen MR) is 68.9 cm³/mol. The molecule has 2 rings (SSSR count). The van der Waals surface area contributed by atoms with Crippen molar-refractivity contribution < 1.29 is 0 Å². The van der Waals surface area contributed by atoms with E-state index in [4.69, 9.17) is 31.0 Å². The van der Waals surface area contributed by atoms with Gasteiger partial charge in [-0.2, -0.15) is 0 Å². The van der Waals surface area contributed by atoms with E-state index < -0.39 is 0 Å². The number of aromatic nitrogens is 1. The third-order valence-corrected chi connectivity index (χ3v) is 2.96. The van der Waals surface area contributed by atoms with E-state index in [1.165, 1.54) is 0 Å². The first-order valence-electron chi connectivity index (χ1n) is 4.79. The van der Waals surface area contributed by atoms with E-state index in [1.807, 2.05) is 24.3 Å². The molecule has 0 spiro atoms. The van der Waals surface area contributed by atoms with Crippen LogP contribution in [0.4, 0.5) is 0 Å². The fraction of sp³-hybridized carbons (Fsp3) is 0.0833. The third-order valence-electron chi connectivity index (χ3n) is 2.22. The summed E-state index contributed by atoms with van der Waals surface area (Å²) < 4.78 is 0. The Labute approximate surface area is 106 Å². The van der Waals surface area contributed by atoms with Gasteiger partial charge in [0.1, 0.15) is 7.85 Å². The van der Waals surface area contributed by atoms with Crippen LogP contribution in [-0.4, -0.2) is 12.8 Å². The highest BCUT2D eigenvalue weighted by molar-refractivity contribution is 6.42. The van der Waals surface area contributed by atoms with Gasteiger partial charge in [-0.25, -0.2) is 0 Å². The van der Waals surface area contributed by atoms with E-state index in [-0.39, 0.29) is 0 Å². The van der Waals surface area contributed by atoms with Crippen molar-refractivity contribution in [3.63, 3.8) is 0 Å². The van der Waals surface area contributed by atoms with Gasteiger partial charge < -0.3 is 0 Å². The molecule has 0 aliphatic carbocycles. The molecule has 0 atom stereocenters. The van der Waals surface area contributed by atoms with Gasteiger partial charge in [0.15, 0.2) is 0 Å². The first kappa shape index (κ1) is 11.5. The van der Waals surface area contributed by atoms with Crippen LogP contribution >= 0.6 is 23.2 Å². The number of halogens is 2. The fourth-order valence-corrected chi connectivity index (χ4v) is 1.72. The van der Waals surface area contributed by atoms with Crippen molar-refractivity contribution in [1.82, 2.24) is 4.98 Å². The zero-order valence-electron chi connectivity index (χ0n) is 8.45. The summed E-state index contributed by atoms with van der Waals surface area (Å²) in [6, 6.07) is 9.31. The van der Waals surface area contributed by atoms with E-state index in [0.29, 0.717) is 15.5 Å². The minimum atomic E-state index is 0.564. The standard InChI is InChI=1S/C12H8BCl2N/c13-9-2-3-10(16-7-9)5-8-1-4-11(14)12(15)6-8/h1-4,6-7H,5H2. The molecule has 78 valence electrons. The maximum atomic E-state index is 5.93. The Morgan fingerprint density at radius 3 is 2.50 bits per heavy atom. The summed E-state index contributed by atoms with van der Waals surface area (Å²) in [6.07, 6.45) is 2.37. The number of rotatable bonds is 2. The molecular weight excluding hydrogens is 240 g/mol. The average molecular weight is 248 g/mol. The molecule has 1 heterocycles. The quantitative estimate of drug-likeness (QED) is 0.744. The lowest BCUT2D eigenvalue weighted by molar-refractivity contribution is 1.08. The van der Waals surface area contributed by atoms with Crippen molar-refractivity contribution in [3.8, 4) is 0 Å².